The summed E-state index contributed by atoms with van der Waals surface area (Å²) in [6, 6.07) is 6.09. The molecule has 1 aromatic carbocycles. The first-order chi connectivity index (χ1) is 6.97. The minimum absolute atomic E-state index is 0. The molecule has 2 rings (SSSR count). The first-order valence-electron chi connectivity index (χ1n) is 4.57. The molecule has 0 heterocycles. The van der Waals surface area contributed by atoms with Crippen molar-refractivity contribution in [2.24, 2.45) is 5.73 Å². The Balaban J connectivity index is 0.00000128. The van der Waals surface area contributed by atoms with Crippen LogP contribution in [0.3, 0.4) is 0 Å². The summed E-state index contributed by atoms with van der Waals surface area (Å²) in [5, 5.41) is 0. The molecule has 0 radical (unpaired) electrons. The van der Waals surface area contributed by atoms with Crippen LogP contribution in [0.2, 0.25) is 0 Å². The van der Waals surface area contributed by atoms with Crippen molar-refractivity contribution in [2.75, 3.05) is 0 Å². The van der Waals surface area contributed by atoms with Crippen LogP contribution in [0.25, 0.3) is 0 Å². The number of halogens is 4. The van der Waals surface area contributed by atoms with Gasteiger partial charge in [0, 0.05) is 12.0 Å². The summed E-state index contributed by atoms with van der Waals surface area (Å²) in [4.78, 5) is 0. The Morgan fingerprint density at radius 3 is 2.31 bits per heavy atom. The largest absolute Gasteiger partial charge is 0.573 e. The second kappa shape index (κ2) is 4.51. The third kappa shape index (κ3) is 3.02. The summed E-state index contributed by atoms with van der Waals surface area (Å²) < 4.78 is 40.1. The van der Waals surface area contributed by atoms with Gasteiger partial charge < -0.3 is 10.5 Å². The average molecular weight is 254 g/mol. The highest BCUT2D eigenvalue weighted by molar-refractivity contribution is 5.85. The minimum atomic E-state index is -4.64. The summed E-state index contributed by atoms with van der Waals surface area (Å²) in [6.07, 6.45) is -3.92. The van der Waals surface area contributed by atoms with Crippen LogP contribution >= 0.6 is 12.4 Å². The van der Waals surface area contributed by atoms with Crippen LogP contribution in [-0.2, 0) is 0 Å². The number of nitrogens with two attached hydrogens (primary N) is 1. The molecule has 1 aliphatic carbocycles. The van der Waals surface area contributed by atoms with Crippen LogP contribution in [-0.4, -0.2) is 12.4 Å². The molecule has 90 valence electrons. The zero-order valence-corrected chi connectivity index (χ0v) is 9.02. The Morgan fingerprint density at radius 1 is 1.25 bits per heavy atom. The normalized spacial score (nSPS) is 23.5. The number of para-hydroxylation sites is 1. The molecule has 1 aliphatic rings. The molecule has 6 heteroatoms. The zero-order chi connectivity index (χ0) is 11.1. The van der Waals surface area contributed by atoms with Gasteiger partial charge in [-0.15, -0.1) is 25.6 Å². The fraction of sp³-hybridized carbons (Fsp3) is 0.400. The van der Waals surface area contributed by atoms with Gasteiger partial charge in [-0.2, -0.15) is 0 Å². The predicted molar refractivity (Wildman–Crippen MR) is 55.7 cm³/mol. The van der Waals surface area contributed by atoms with Gasteiger partial charge in [0.05, 0.1) is 0 Å². The molecule has 0 aromatic heterocycles. The number of rotatable bonds is 2. The van der Waals surface area contributed by atoms with Crippen molar-refractivity contribution in [3.8, 4) is 5.75 Å². The number of alkyl halides is 3. The van der Waals surface area contributed by atoms with Crippen molar-refractivity contribution >= 4 is 12.4 Å². The molecule has 1 aromatic rings. The summed E-state index contributed by atoms with van der Waals surface area (Å²) >= 11 is 0. The molecule has 0 aliphatic heterocycles. The average Bonchev–Trinajstić information content (AvgIpc) is 2.80. The molecular formula is C10H11ClF3NO. The van der Waals surface area contributed by atoms with Gasteiger partial charge in [0.25, 0.3) is 0 Å². The smallest absolute Gasteiger partial charge is 0.405 e. The third-order valence-electron chi connectivity index (χ3n) is 2.38. The highest BCUT2D eigenvalue weighted by Crippen LogP contribution is 2.44. The maximum absolute atomic E-state index is 12.0. The van der Waals surface area contributed by atoms with E-state index in [1.807, 2.05) is 0 Å². The van der Waals surface area contributed by atoms with Gasteiger partial charge >= 0.3 is 6.36 Å². The van der Waals surface area contributed by atoms with E-state index in [1.165, 1.54) is 12.1 Å². The Kier molecular flexibility index (Phi) is 3.70. The van der Waals surface area contributed by atoms with Crippen molar-refractivity contribution in [3.05, 3.63) is 29.8 Å². The summed E-state index contributed by atoms with van der Waals surface area (Å²) in [5.74, 6) is -0.133. The summed E-state index contributed by atoms with van der Waals surface area (Å²) in [5.41, 5.74) is 6.14. The predicted octanol–water partition coefficient (Wildman–Crippen LogP) is 2.82. The topological polar surface area (TPSA) is 35.2 Å². The second-order valence-corrected chi connectivity index (χ2v) is 3.59. The molecule has 0 bridgehead atoms. The molecule has 2 nitrogen and oxygen atoms in total. The van der Waals surface area contributed by atoms with E-state index in [9.17, 15) is 13.2 Å². The molecule has 0 saturated heterocycles. The summed E-state index contributed by atoms with van der Waals surface area (Å²) in [7, 11) is 0. The lowest BCUT2D eigenvalue weighted by Gasteiger charge is -2.12. The van der Waals surface area contributed by atoms with Gasteiger partial charge in [0.1, 0.15) is 5.75 Å². The van der Waals surface area contributed by atoms with Crippen molar-refractivity contribution in [3.63, 3.8) is 0 Å². The van der Waals surface area contributed by atoms with Gasteiger partial charge in [-0.25, -0.2) is 0 Å². The molecule has 16 heavy (non-hydrogen) atoms. The number of benzene rings is 1. The maximum Gasteiger partial charge on any atom is 0.573 e. The zero-order valence-electron chi connectivity index (χ0n) is 8.20. The van der Waals surface area contributed by atoms with Crippen LogP contribution in [0.4, 0.5) is 13.2 Å². The molecule has 0 unspecified atom stereocenters. The lowest BCUT2D eigenvalue weighted by molar-refractivity contribution is -0.274. The third-order valence-corrected chi connectivity index (χ3v) is 2.38. The number of hydrogen-bond acceptors (Lipinski definition) is 2. The fourth-order valence-corrected chi connectivity index (χ4v) is 1.58. The van der Waals surface area contributed by atoms with Crippen molar-refractivity contribution in [1.29, 1.82) is 0 Å². The first-order valence-corrected chi connectivity index (χ1v) is 4.57. The SMILES string of the molecule is Cl.N[C@@H]1C[C@H]1c1ccccc1OC(F)(F)F. The van der Waals surface area contributed by atoms with Gasteiger partial charge in [0.2, 0.25) is 0 Å². The lowest BCUT2D eigenvalue weighted by Crippen LogP contribution is -2.18. The Bertz CT molecular complexity index is 369. The van der Waals surface area contributed by atoms with Crippen LogP contribution < -0.4 is 10.5 Å². The van der Waals surface area contributed by atoms with E-state index in [1.54, 1.807) is 12.1 Å². The van der Waals surface area contributed by atoms with Crippen molar-refractivity contribution in [2.45, 2.75) is 24.7 Å². The van der Waals surface area contributed by atoms with Gasteiger partial charge in [0.15, 0.2) is 0 Å². The van der Waals surface area contributed by atoms with Crippen molar-refractivity contribution in [1.82, 2.24) is 0 Å². The molecule has 1 fully saturated rings. The van der Waals surface area contributed by atoms with Crippen LogP contribution in [0.15, 0.2) is 24.3 Å². The Morgan fingerprint density at radius 2 is 1.81 bits per heavy atom. The molecule has 0 spiro atoms. The highest BCUT2D eigenvalue weighted by atomic mass is 35.5. The van der Waals surface area contributed by atoms with Gasteiger partial charge in [-0.1, -0.05) is 18.2 Å². The van der Waals surface area contributed by atoms with Gasteiger partial charge in [-0.3, -0.25) is 0 Å². The highest BCUT2D eigenvalue weighted by Gasteiger charge is 2.39. The standard InChI is InChI=1S/C10H10F3NO.ClH/c11-10(12,13)15-9-4-2-1-3-6(9)7-5-8(7)14;/h1-4,7-8H,5,14H2;1H/t7-,8+;/m0./s1. The number of ether oxygens (including phenoxy) is 1. The first kappa shape index (κ1) is 13.1. The van der Waals surface area contributed by atoms with E-state index >= 15 is 0 Å². The lowest BCUT2D eigenvalue weighted by atomic mass is 10.1. The van der Waals surface area contributed by atoms with E-state index in [4.69, 9.17) is 5.73 Å². The van der Waals surface area contributed by atoms with Gasteiger partial charge in [-0.05, 0) is 18.1 Å². The molecule has 2 N–H and O–H groups in total. The Hall–Kier alpha value is -0.940. The monoisotopic (exact) mass is 253 g/mol. The fourth-order valence-electron chi connectivity index (χ4n) is 1.58. The Labute approximate surface area is 97.0 Å². The van der Waals surface area contributed by atoms with E-state index in [2.05, 4.69) is 4.74 Å². The molecular weight excluding hydrogens is 243 g/mol. The second-order valence-electron chi connectivity index (χ2n) is 3.59. The quantitative estimate of drug-likeness (QED) is 0.880. The van der Waals surface area contributed by atoms with E-state index < -0.39 is 6.36 Å². The van der Waals surface area contributed by atoms with Crippen LogP contribution in [0.1, 0.15) is 17.9 Å². The number of hydrogen-bond donors (Lipinski definition) is 1. The van der Waals surface area contributed by atoms with E-state index in [0.29, 0.717) is 5.56 Å². The minimum Gasteiger partial charge on any atom is -0.405 e. The summed E-state index contributed by atoms with van der Waals surface area (Å²) in [6.45, 7) is 0. The molecule has 2 atom stereocenters. The van der Waals surface area contributed by atoms with Crippen molar-refractivity contribution < 1.29 is 17.9 Å². The van der Waals surface area contributed by atoms with E-state index in [-0.39, 0.29) is 30.1 Å². The maximum atomic E-state index is 12.0. The van der Waals surface area contributed by atoms with Crippen LogP contribution in [0, 0.1) is 0 Å². The van der Waals surface area contributed by atoms with E-state index in [0.717, 1.165) is 6.42 Å². The van der Waals surface area contributed by atoms with Crippen LogP contribution in [0.5, 0.6) is 5.75 Å². The molecule has 1 saturated carbocycles. The molecule has 0 amide bonds.